The third kappa shape index (κ3) is 2.32. The minimum Gasteiger partial charge on any atom is -0.356 e. The van der Waals surface area contributed by atoms with Gasteiger partial charge in [-0.3, -0.25) is 9.67 Å². The molecule has 0 atom stereocenters. The number of rotatable bonds is 5. The van der Waals surface area contributed by atoms with Crippen LogP contribution in [0.5, 0.6) is 0 Å². The molecule has 116 valence electrons. The largest absolute Gasteiger partial charge is 0.356 e. The van der Waals surface area contributed by atoms with E-state index >= 15 is 0 Å². The Hall–Kier alpha value is -2.44. The summed E-state index contributed by atoms with van der Waals surface area (Å²) in [5.74, 6) is 0.944. The molecule has 3 rings (SSSR count). The van der Waals surface area contributed by atoms with Crippen molar-refractivity contribution in [2.75, 3.05) is 18.0 Å². The summed E-state index contributed by atoms with van der Waals surface area (Å²) in [6.45, 7) is 5.64. The van der Waals surface area contributed by atoms with E-state index in [1.54, 1.807) is 30.3 Å². The van der Waals surface area contributed by atoms with Crippen molar-refractivity contribution in [1.29, 1.82) is 0 Å². The number of benzene rings is 1. The summed E-state index contributed by atoms with van der Waals surface area (Å²) >= 11 is 0. The fourth-order valence-electron chi connectivity index (χ4n) is 2.57. The summed E-state index contributed by atoms with van der Waals surface area (Å²) in [4.78, 5) is 6.08. The predicted octanol–water partition coefficient (Wildman–Crippen LogP) is 3.53. The van der Waals surface area contributed by atoms with Crippen molar-refractivity contribution >= 4 is 16.9 Å². The van der Waals surface area contributed by atoms with Crippen LogP contribution in [0.4, 0.5) is 14.6 Å². The number of nitrogens with zero attached hydrogens (tertiary/aromatic N) is 4. The zero-order valence-corrected chi connectivity index (χ0v) is 12.4. The normalized spacial score (nSPS) is 11.5. The standard InChI is InChI=1S/C15H17F2N5/c1-3-21(4-2)12-9-13(20-19-12)22-11-8-6-5-7-10(11)18-15(22)14(16)17/h5-9,14H,3-4H2,1-2H3,(H,19,20). The van der Waals surface area contributed by atoms with E-state index in [1.807, 2.05) is 18.7 Å². The number of alkyl halides is 2. The van der Waals surface area contributed by atoms with E-state index in [1.165, 1.54) is 4.57 Å². The number of imidazole rings is 1. The molecule has 0 saturated carbocycles. The minimum atomic E-state index is -2.66. The Kier molecular flexibility index (Phi) is 3.79. The number of para-hydroxylation sites is 2. The van der Waals surface area contributed by atoms with Crippen LogP contribution in [-0.4, -0.2) is 32.8 Å². The summed E-state index contributed by atoms with van der Waals surface area (Å²) in [6.07, 6.45) is -2.66. The van der Waals surface area contributed by atoms with E-state index < -0.39 is 6.43 Å². The van der Waals surface area contributed by atoms with Gasteiger partial charge in [0.2, 0.25) is 0 Å². The Labute approximate surface area is 126 Å². The molecule has 1 N–H and O–H groups in total. The molecule has 0 amide bonds. The average molecular weight is 305 g/mol. The highest BCUT2D eigenvalue weighted by Crippen LogP contribution is 2.28. The number of hydrogen-bond acceptors (Lipinski definition) is 3. The van der Waals surface area contributed by atoms with Crippen LogP contribution in [-0.2, 0) is 0 Å². The zero-order valence-electron chi connectivity index (χ0n) is 12.4. The molecule has 0 radical (unpaired) electrons. The highest BCUT2D eigenvalue weighted by atomic mass is 19.3. The highest BCUT2D eigenvalue weighted by Gasteiger charge is 2.21. The highest BCUT2D eigenvalue weighted by molar-refractivity contribution is 5.78. The average Bonchev–Trinajstić information content (AvgIpc) is 3.12. The van der Waals surface area contributed by atoms with Crippen LogP contribution in [0.1, 0.15) is 26.1 Å². The molecule has 0 aliphatic rings. The summed E-state index contributed by atoms with van der Waals surface area (Å²) in [5.41, 5.74) is 1.17. The number of hydrogen-bond donors (Lipinski definition) is 1. The molecule has 2 aromatic heterocycles. The molecule has 5 nitrogen and oxygen atoms in total. The number of aromatic amines is 1. The van der Waals surface area contributed by atoms with Crippen molar-refractivity contribution in [1.82, 2.24) is 19.7 Å². The summed E-state index contributed by atoms with van der Waals surface area (Å²) in [7, 11) is 0. The molecule has 0 saturated heterocycles. The molecule has 0 fully saturated rings. The van der Waals surface area contributed by atoms with Crippen molar-refractivity contribution in [3.8, 4) is 5.82 Å². The van der Waals surface area contributed by atoms with Crippen LogP contribution >= 0.6 is 0 Å². The van der Waals surface area contributed by atoms with Crippen LogP contribution in [0.25, 0.3) is 16.9 Å². The molecule has 0 aliphatic heterocycles. The van der Waals surface area contributed by atoms with Gasteiger partial charge in [-0.2, -0.15) is 5.10 Å². The first-order valence-electron chi connectivity index (χ1n) is 7.22. The predicted molar refractivity (Wildman–Crippen MR) is 81.7 cm³/mol. The smallest absolute Gasteiger partial charge is 0.296 e. The molecule has 3 aromatic rings. The fourth-order valence-corrected chi connectivity index (χ4v) is 2.57. The van der Waals surface area contributed by atoms with Crippen LogP contribution in [0, 0.1) is 0 Å². The van der Waals surface area contributed by atoms with Gasteiger partial charge in [-0.05, 0) is 26.0 Å². The Morgan fingerprint density at radius 3 is 2.64 bits per heavy atom. The lowest BCUT2D eigenvalue weighted by Gasteiger charge is -2.16. The summed E-state index contributed by atoms with van der Waals surface area (Å²) in [6, 6.07) is 8.85. The third-order valence-electron chi connectivity index (χ3n) is 3.66. The SMILES string of the molecule is CCN(CC)c1cc(-n2c(C(F)F)nc3ccccc32)[nH]n1. The number of fused-ring (bicyclic) bond motifs is 1. The molecule has 0 bridgehead atoms. The quantitative estimate of drug-likeness (QED) is 0.784. The topological polar surface area (TPSA) is 49.7 Å². The molecular weight excluding hydrogens is 288 g/mol. The van der Waals surface area contributed by atoms with Gasteiger partial charge in [-0.25, -0.2) is 13.8 Å². The van der Waals surface area contributed by atoms with E-state index in [4.69, 9.17) is 0 Å². The molecular formula is C15H17F2N5. The van der Waals surface area contributed by atoms with Gasteiger partial charge in [-0.1, -0.05) is 12.1 Å². The molecule has 1 aromatic carbocycles. The third-order valence-corrected chi connectivity index (χ3v) is 3.66. The maximum atomic E-state index is 13.3. The lowest BCUT2D eigenvalue weighted by molar-refractivity contribution is 0.139. The van der Waals surface area contributed by atoms with E-state index in [-0.39, 0.29) is 5.82 Å². The monoisotopic (exact) mass is 305 g/mol. The van der Waals surface area contributed by atoms with Crippen molar-refractivity contribution in [3.05, 3.63) is 36.2 Å². The van der Waals surface area contributed by atoms with Gasteiger partial charge >= 0.3 is 0 Å². The summed E-state index contributed by atoms with van der Waals surface area (Å²) < 4.78 is 28.1. The van der Waals surface area contributed by atoms with Crippen molar-refractivity contribution in [2.45, 2.75) is 20.3 Å². The number of aromatic nitrogens is 4. The number of H-pyrrole nitrogens is 1. The number of halogens is 2. The lowest BCUT2D eigenvalue weighted by Crippen LogP contribution is -2.22. The van der Waals surface area contributed by atoms with Crippen molar-refractivity contribution < 1.29 is 8.78 Å². The van der Waals surface area contributed by atoms with Gasteiger partial charge in [0.15, 0.2) is 11.6 Å². The van der Waals surface area contributed by atoms with E-state index in [0.717, 1.165) is 18.9 Å². The van der Waals surface area contributed by atoms with Crippen LogP contribution < -0.4 is 4.90 Å². The van der Waals surface area contributed by atoms with Gasteiger partial charge < -0.3 is 4.90 Å². The second kappa shape index (κ2) is 5.75. The van der Waals surface area contributed by atoms with Gasteiger partial charge in [0.05, 0.1) is 11.0 Å². The van der Waals surface area contributed by atoms with Crippen molar-refractivity contribution in [3.63, 3.8) is 0 Å². The van der Waals surface area contributed by atoms with Gasteiger partial charge in [0.25, 0.3) is 6.43 Å². The second-order valence-corrected chi connectivity index (χ2v) is 4.88. The first-order valence-corrected chi connectivity index (χ1v) is 7.22. The Balaban J connectivity index is 2.15. The number of anilines is 1. The van der Waals surface area contributed by atoms with E-state index in [0.29, 0.717) is 16.9 Å². The van der Waals surface area contributed by atoms with E-state index in [9.17, 15) is 8.78 Å². The molecule has 7 heteroatoms. The molecule has 22 heavy (non-hydrogen) atoms. The first kappa shape index (κ1) is 14.5. The molecule has 0 aliphatic carbocycles. The lowest BCUT2D eigenvalue weighted by atomic mass is 10.3. The van der Waals surface area contributed by atoms with Gasteiger partial charge in [-0.15, -0.1) is 0 Å². The molecule has 0 unspecified atom stereocenters. The Morgan fingerprint density at radius 2 is 1.95 bits per heavy atom. The minimum absolute atomic E-state index is 0.282. The zero-order chi connectivity index (χ0) is 15.7. The first-order chi connectivity index (χ1) is 10.7. The van der Waals surface area contributed by atoms with Crippen LogP contribution in [0.15, 0.2) is 30.3 Å². The molecule has 2 heterocycles. The Morgan fingerprint density at radius 1 is 1.23 bits per heavy atom. The number of nitrogens with one attached hydrogen (secondary N) is 1. The van der Waals surface area contributed by atoms with Crippen LogP contribution in [0.3, 0.4) is 0 Å². The van der Waals surface area contributed by atoms with Crippen LogP contribution in [0.2, 0.25) is 0 Å². The fraction of sp³-hybridized carbons (Fsp3) is 0.333. The second-order valence-electron chi connectivity index (χ2n) is 4.88. The van der Waals surface area contributed by atoms with Gasteiger partial charge in [0, 0.05) is 19.2 Å². The van der Waals surface area contributed by atoms with E-state index in [2.05, 4.69) is 15.2 Å². The van der Waals surface area contributed by atoms with Crippen molar-refractivity contribution in [2.24, 2.45) is 0 Å². The maximum Gasteiger partial charge on any atom is 0.296 e. The Bertz CT molecular complexity index is 773. The maximum absolute atomic E-state index is 13.3. The summed E-state index contributed by atoms with van der Waals surface area (Å²) in [5, 5.41) is 7.07. The van der Waals surface area contributed by atoms with Gasteiger partial charge in [0.1, 0.15) is 5.82 Å². The molecule has 0 spiro atoms.